The van der Waals surface area contributed by atoms with Gasteiger partial charge in [-0.15, -0.1) is 0 Å². The molecule has 0 saturated heterocycles. The van der Waals surface area contributed by atoms with Crippen molar-refractivity contribution in [1.29, 1.82) is 0 Å². The molecule has 0 atom stereocenters. The lowest BCUT2D eigenvalue weighted by Crippen LogP contribution is -2.19. The quantitative estimate of drug-likeness (QED) is 0.869. The van der Waals surface area contributed by atoms with Gasteiger partial charge in [0.2, 0.25) is 0 Å². The van der Waals surface area contributed by atoms with Crippen molar-refractivity contribution < 1.29 is 8.42 Å². The second-order valence-corrected chi connectivity index (χ2v) is 7.01. The van der Waals surface area contributed by atoms with Gasteiger partial charge in [0.15, 0.2) is 9.84 Å². The lowest BCUT2D eigenvalue weighted by atomic mass is 10.4. The normalized spacial score (nSPS) is 12.6. The van der Waals surface area contributed by atoms with Crippen LogP contribution in [0.25, 0.3) is 0 Å². The molecular weight excluding hydrogens is 226 g/mol. The summed E-state index contributed by atoms with van der Waals surface area (Å²) >= 11 is 0. The van der Waals surface area contributed by atoms with Crippen molar-refractivity contribution >= 4 is 15.7 Å². The van der Waals surface area contributed by atoms with E-state index in [1.54, 1.807) is 24.6 Å². The van der Waals surface area contributed by atoms with Crippen LogP contribution in [0, 0.1) is 0 Å². The Kier molecular flexibility index (Phi) is 3.62. The molecule has 16 heavy (non-hydrogen) atoms. The standard InChI is InChI=1S/C10H19N3O2S/c1-7(2)13-9(5-10(11)12-13)6-16(14,15)8(3)4/h5,7-8H,6H2,1-4H3,(H2,11,12). The Hall–Kier alpha value is -1.04. The molecule has 1 aromatic rings. The first kappa shape index (κ1) is 13.0. The van der Waals surface area contributed by atoms with Crippen LogP contribution < -0.4 is 5.73 Å². The van der Waals surface area contributed by atoms with Crippen molar-refractivity contribution in [2.75, 3.05) is 5.73 Å². The van der Waals surface area contributed by atoms with E-state index in [1.165, 1.54) is 0 Å². The van der Waals surface area contributed by atoms with Crippen LogP contribution >= 0.6 is 0 Å². The molecule has 0 aliphatic heterocycles. The van der Waals surface area contributed by atoms with Gasteiger partial charge < -0.3 is 5.73 Å². The molecule has 0 radical (unpaired) electrons. The van der Waals surface area contributed by atoms with Gasteiger partial charge in [0.05, 0.1) is 16.7 Å². The third kappa shape index (κ3) is 2.75. The molecule has 0 amide bonds. The average molecular weight is 245 g/mol. The number of sulfone groups is 1. The molecule has 1 heterocycles. The predicted molar refractivity (Wildman–Crippen MR) is 64.8 cm³/mol. The van der Waals surface area contributed by atoms with E-state index in [9.17, 15) is 8.42 Å². The minimum absolute atomic E-state index is 0.00690. The number of aromatic nitrogens is 2. The molecule has 6 heteroatoms. The zero-order valence-electron chi connectivity index (χ0n) is 10.1. The molecule has 0 aromatic carbocycles. The maximum absolute atomic E-state index is 11.8. The zero-order valence-corrected chi connectivity index (χ0v) is 11.0. The summed E-state index contributed by atoms with van der Waals surface area (Å²) in [5.41, 5.74) is 6.24. The summed E-state index contributed by atoms with van der Waals surface area (Å²) in [5.74, 6) is 0.357. The van der Waals surface area contributed by atoms with Gasteiger partial charge in [-0.3, -0.25) is 4.68 Å². The molecule has 0 unspecified atom stereocenters. The first-order valence-electron chi connectivity index (χ1n) is 5.29. The number of nitrogen functional groups attached to an aromatic ring is 1. The lowest BCUT2D eigenvalue weighted by Gasteiger charge is -2.12. The maximum atomic E-state index is 11.8. The summed E-state index contributed by atoms with van der Waals surface area (Å²) in [6.07, 6.45) is 0. The Morgan fingerprint density at radius 2 is 1.94 bits per heavy atom. The largest absolute Gasteiger partial charge is 0.382 e. The van der Waals surface area contributed by atoms with Crippen molar-refractivity contribution in [1.82, 2.24) is 9.78 Å². The van der Waals surface area contributed by atoms with Crippen LogP contribution in [-0.2, 0) is 15.6 Å². The summed E-state index contributed by atoms with van der Waals surface area (Å²) in [5, 5.41) is 3.70. The molecule has 1 rings (SSSR count). The Morgan fingerprint density at radius 1 is 1.38 bits per heavy atom. The monoisotopic (exact) mass is 245 g/mol. The van der Waals surface area contributed by atoms with Gasteiger partial charge in [-0.25, -0.2) is 8.42 Å². The minimum atomic E-state index is -3.11. The molecule has 0 fully saturated rings. The summed E-state index contributed by atoms with van der Waals surface area (Å²) in [6, 6.07) is 1.73. The molecule has 0 spiro atoms. The van der Waals surface area contributed by atoms with Gasteiger partial charge in [-0.05, 0) is 27.7 Å². The fourth-order valence-corrected chi connectivity index (χ4v) is 2.34. The van der Waals surface area contributed by atoms with Crippen molar-refractivity contribution in [2.24, 2.45) is 0 Å². The fraction of sp³-hybridized carbons (Fsp3) is 0.700. The topological polar surface area (TPSA) is 78.0 Å². The number of hydrogen-bond donors (Lipinski definition) is 1. The number of rotatable bonds is 4. The maximum Gasteiger partial charge on any atom is 0.158 e. The Morgan fingerprint density at radius 3 is 2.38 bits per heavy atom. The van der Waals surface area contributed by atoms with E-state index < -0.39 is 9.84 Å². The zero-order chi connectivity index (χ0) is 12.5. The molecule has 0 bridgehead atoms. The highest BCUT2D eigenvalue weighted by molar-refractivity contribution is 7.91. The summed E-state index contributed by atoms with van der Waals surface area (Å²) in [4.78, 5) is 0. The summed E-state index contributed by atoms with van der Waals surface area (Å²) < 4.78 is 25.3. The minimum Gasteiger partial charge on any atom is -0.382 e. The summed E-state index contributed by atoms with van der Waals surface area (Å²) in [7, 11) is -3.11. The van der Waals surface area contributed by atoms with Gasteiger partial charge in [0.25, 0.3) is 0 Å². The second kappa shape index (κ2) is 4.45. The lowest BCUT2D eigenvalue weighted by molar-refractivity contribution is 0.515. The SMILES string of the molecule is CC(C)n1nc(N)cc1CS(=O)(=O)C(C)C. The van der Waals surface area contributed by atoms with Crippen LogP contribution in [0.1, 0.15) is 39.4 Å². The van der Waals surface area contributed by atoms with Crippen LogP contribution in [0.4, 0.5) is 5.82 Å². The van der Waals surface area contributed by atoms with Gasteiger partial charge in [0, 0.05) is 12.1 Å². The van der Waals surface area contributed by atoms with Gasteiger partial charge >= 0.3 is 0 Å². The highest BCUT2D eigenvalue weighted by Crippen LogP contribution is 2.17. The van der Waals surface area contributed by atoms with Gasteiger partial charge in [0.1, 0.15) is 5.82 Å². The Bertz CT molecular complexity index is 460. The van der Waals surface area contributed by atoms with Crippen LogP contribution in [0.3, 0.4) is 0 Å². The molecule has 0 aliphatic carbocycles. The molecule has 92 valence electrons. The number of nitrogens with zero attached hydrogens (tertiary/aromatic N) is 2. The van der Waals surface area contributed by atoms with E-state index in [2.05, 4.69) is 5.10 Å². The van der Waals surface area contributed by atoms with E-state index >= 15 is 0 Å². The highest BCUT2D eigenvalue weighted by atomic mass is 32.2. The number of anilines is 1. The first-order chi connectivity index (χ1) is 7.24. The van der Waals surface area contributed by atoms with Gasteiger partial charge in [-0.1, -0.05) is 0 Å². The van der Waals surface area contributed by atoms with Crippen molar-refractivity contribution in [2.45, 2.75) is 44.7 Å². The van der Waals surface area contributed by atoms with E-state index in [4.69, 9.17) is 5.73 Å². The number of hydrogen-bond acceptors (Lipinski definition) is 4. The number of nitrogens with two attached hydrogens (primary N) is 1. The smallest absolute Gasteiger partial charge is 0.158 e. The van der Waals surface area contributed by atoms with Crippen LogP contribution in [-0.4, -0.2) is 23.4 Å². The van der Waals surface area contributed by atoms with Crippen LogP contribution in [0.5, 0.6) is 0 Å². The highest BCUT2D eigenvalue weighted by Gasteiger charge is 2.20. The van der Waals surface area contributed by atoms with Crippen molar-refractivity contribution in [3.63, 3.8) is 0 Å². The Labute approximate surface area is 96.6 Å². The van der Waals surface area contributed by atoms with Gasteiger partial charge in [-0.2, -0.15) is 5.10 Å². The van der Waals surface area contributed by atoms with Crippen molar-refractivity contribution in [3.05, 3.63) is 11.8 Å². The third-order valence-electron chi connectivity index (χ3n) is 2.39. The first-order valence-corrected chi connectivity index (χ1v) is 7.01. The van der Waals surface area contributed by atoms with E-state index in [1.807, 2.05) is 13.8 Å². The Balaban J connectivity index is 3.06. The molecule has 0 saturated carbocycles. The average Bonchev–Trinajstić information content (AvgIpc) is 2.45. The van der Waals surface area contributed by atoms with E-state index in [-0.39, 0.29) is 17.0 Å². The van der Waals surface area contributed by atoms with E-state index in [0.717, 1.165) is 0 Å². The molecule has 2 N–H and O–H groups in total. The predicted octanol–water partition coefficient (Wildman–Crippen LogP) is 1.37. The molecule has 0 aliphatic rings. The van der Waals surface area contributed by atoms with Crippen LogP contribution in [0.2, 0.25) is 0 Å². The molecule has 5 nitrogen and oxygen atoms in total. The molecule has 1 aromatic heterocycles. The second-order valence-electron chi connectivity index (χ2n) is 4.45. The van der Waals surface area contributed by atoms with E-state index in [0.29, 0.717) is 11.5 Å². The third-order valence-corrected chi connectivity index (χ3v) is 4.52. The van der Waals surface area contributed by atoms with Crippen molar-refractivity contribution in [3.8, 4) is 0 Å². The van der Waals surface area contributed by atoms with Crippen LogP contribution in [0.15, 0.2) is 6.07 Å². The summed E-state index contributed by atoms with van der Waals surface area (Å²) in [6.45, 7) is 7.24. The molecular formula is C10H19N3O2S. The fourth-order valence-electron chi connectivity index (χ4n) is 1.38.